The van der Waals surface area contributed by atoms with Crippen molar-refractivity contribution in [2.24, 2.45) is 0 Å². The van der Waals surface area contributed by atoms with E-state index in [4.69, 9.17) is 0 Å². The van der Waals surface area contributed by atoms with Crippen LogP contribution in [0.2, 0.25) is 0 Å². The van der Waals surface area contributed by atoms with Crippen molar-refractivity contribution in [2.45, 2.75) is 12.3 Å². The normalized spacial score (nSPS) is 11.8. The van der Waals surface area contributed by atoms with Gasteiger partial charge < -0.3 is 14.9 Å². The smallest absolute Gasteiger partial charge is 0.244 e. The average Bonchev–Trinajstić information content (AvgIpc) is 3.35. The van der Waals surface area contributed by atoms with Crippen LogP contribution in [0.25, 0.3) is 33.5 Å². The van der Waals surface area contributed by atoms with Crippen molar-refractivity contribution in [3.8, 4) is 11.4 Å². The minimum atomic E-state index is -3.31. The summed E-state index contributed by atoms with van der Waals surface area (Å²) in [6.45, 7) is -0.0553. The summed E-state index contributed by atoms with van der Waals surface area (Å²) in [5.74, 6) is 0.527. The van der Waals surface area contributed by atoms with E-state index in [1.165, 1.54) is 0 Å². The maximum absolute atomic E-state index is 12.9. The molecule has 9 heteroatoms. The molecule has 0 saturated heterocycles. The third-order valence-corrected chi connectivity index (χ3v) is 6.02. The number of aromatic nitrogens is 4. The molecule has 2 aromatic heterocycles. The Labute approximate surface area is 190 Å². The molecule has 0 aliphatic carbocycles. The Bertz CT molecular complexity index is 1570. The lowest BCUT2D eigenvalue weighted by molar-refractivity contribution is -0.116. The molecule has 0 atom stereocenters. The summed E-state index contributed by atoms with van der Waals surface area (Å²) in [6, 6.07) is 22.5. The van der Waals surface area contributed by atoms with E-state index in [1.54, 1.807) is 16.7 Å². The van der Waals surface area contributed by atoms with Crippen LogP contribution in [-0.2, 0) is 26.9 Å². The first-order chi connectivity index (χ1) is 15.9. The van der Waals surface area contributed by atoms with Crippen molar-refractivity contribution < 1.29 is 13.2 Å². The van der Waals surface area contributed by atoms with Gasteiger partial charge in [-0.25, -0.2) is 18.4 Å². The Morgan fingerprint density at radius 1 is 0.970 bits per heavy atom. The molecule has 0 bridgehead atoms. The molecule has 5 rings (SSSR count). The molecular formula is C24H21N5O3S. The molecule has 0 spiro atoms. The molecule has 166 valence electrons. The standard InChI is InChI=1S/C24H21N5O3S/c1-33(31,32)15-22-26-20-11-4-5-12-21(20)29(22)14-23(30)25-17-8-6-7-16(13-17)24-27-18-9-2-3-10-19(18)28-24/h2-13H,14-15H2,1H3,(H,25,30)(H,27,28). The Morgan fingerprint density at radius 2 is 1.73 bits per heavy atom. The second-order valence-electron chi connectivity index (χ2n) is 7.90. The van der Waals surface area contributed by atoms with Gasteiger partial charge in [-0.2, -0.15) is 0 Å². The summed E-state index contributed by atoms with van der Waals surface area (Å²) in [7, 11) is -3.31. The van der Waals surface area contributed by atoms with Gasteiger partial charge in [0.2, 0.25) is 5.91 Å². The number of benzene rings is 3. The SMILES string of the molecule is CS(=O)(=O)Cc1nc2ccccc2n1CC(=O)Nc1cccc(-c2nc3ccccc3[nH]2)c1. The lowest BCUT2D eigenvalue weighted by atomic mass is 10.2. The molecule has 0 aliphatic heterocycles. The number of anilines is 1. The van der Waals surface area contributed by atoms with Crippen molar-refractivity contribution in [1.82, 2.24) is 19.5 Å². The summed E-state index contributed by atoms with van der Waals surface area (Å²) in [5.41, 5.74) is 4.62. The predicted octanol–water partition coefficient (Wildman–Crippen LogP) is 3.76. The van der Waals surface area contributed by atoms with E-state index in [0.29, 0.717) is 28.4 Å². The first-order valence-electron chi connectivity index (χ1n) is 10.3. The topological polar surface area (TPSA) is 110 Å². The number of para-hydroxylation sites is 4. The van der Waals surface area contributed by atoms with Gasteiger partial charge in [-0.3, -0.25) is 4.79 Å². The first kappa shape index (κ1) is 20.9. The molecule has 1 amide bonds. The molecule has 0 saturated carbocycles. The second kappa shape index (κ2) is 8.18. The van der Waals surface area contributed by atoms with Gasteiger partial charge in [0, 0.05) is 17.5 Å². The molecule has 0 radical (unpaired) electrons. The summed E-state index contributed by atoms with van der Waals surface area (Å²) < 4.78 is 25.4. The van der Waals surface area contributed by atoms with Gasteiger partial charge in [-0.15, -0.1) is 0 Å². The zero-order valence-electron chi connectivity index (χ0n) is 17.8. The summed E-state index contributed by atoms with van der Waals surface area (Å²) in [6.07, 6.45) is 1.15. The molecule has 3 aromatic carbocycles. The molecule has 2 heterocycles. The predicted molar refractivity (Wildman–Crippen MR) is 128 cm³/mol. The Morgan fingerprint density at radius 3 is 2.52 bits per heavy atom. The van der Waals surface area contributed by atoms with E-state index in [-0.39, 0.29) is 18.2 Å². The average molecular weight is 460 g/mol. The number of nitrogens with one attached hydrogen (secondary N) is 2. The highest BCUT2D eigenvalue weighted by Gasteiger charge is 2.17. The highest BCUT2D eigenvalue weighted by atomic mass is 32.2. The minimum absolute atomic E-state index is 0.0553. The van der Waals surface area contributed by atoms with E-state index in [9.17, 15) is 13.2 Å². The van der Waals surface area contributed by atoms with Gasteiger partial charge in [0.25, 0.3) is 0 Å². The Kier molecular flexibility index (Phi) is 5.18. The molecule has 0 unspecified atom stereocenters. The molecule has 33 heavy (non-hydrogen) atoms. The van der Waals surface area contributed by atoms with Crippen LogP contribution in [0, 0.1) is 0 Å². The highest BCUT2D eigenvalue weighted by Crippen LogP contribution is 2.23. The Hall–Kier alpha value is -3.98. The quantitative estimate of drug-likeness (QED) is 0.402. The third-order valence-electron chi connectivity index (χ3n) is 5.24. The number of hydrogen-bond donors (Lipinski definition) is 2. The number of aromatic amines is 1. The van der Waals surface area contributed by atoms with Gasteiger partial charge >= 0.3 is 0 Å². The molecule has 0 aliphatic rings. The lowest BCUT2D eigenvalue weighted by Crippen LogP contribution is -2.21. The molecule has 2 N–H and O–H groups in total. The monoisotopic (exact) mass is 459 g/mol. The van der Waals surface area contributed by atoms with Crippen molar-refractivity contribution >= 4 is 43.5 Å². The summed E-state index contributed by atoms with van der Waals surface area (Å²) in [5, 5.41) is 2.90. The van der Waals surface area contributed by atoms with Crippen LogP contribution in [0.4, 0.5) is 5.69 Å². The van der Waals surface area contributed by atoms with Crippen molar-refractivity contribution in [3.05, 3.63) is 78.6 Å². The van der Waals surface area contributed by atoms with Crippen LogP contribution in [0.15, 0.2) is 72.8 Å². The zero-order chi connectivity index (χ0) is 23.0. The zero-order valence-corrected chi connectivity index (χ0v) is 18.6. The lowest BCUT2D eigenvalue weighted by Gasteiger charge is -2.10. The number of sulfone groups is 1. The van der Waals surface area contributed by atoms with Gasteiger partial charge in [0.15, 0.2) is 9.84 Å². The van der Waals surface area contributed by atoms with Crippen LogP contribution < -0.4 is 5.32 Å². The number of carbonyl (C=O) groups is 1. The molecule has 5 aromatic rings. The van der Waals surface area contributed by atoms with Crippen molar-refractivity contribution in [1.29, 1.82) is 0 Å². The third kappa shape index (κ3) is 4.49. The molecule has 0 fully saturated rings. The fourth-order valence-corrected chi connectivity index (χ4v) is 4.51. The number of H-pyrrole nitrogens is 1. The fourth-order valence-electron chi connectivity index (χ4n) is 3.82. The van der Waals surface area contributed by atoms with E-state index >= 15 is 0 Å². The number of hydrogen-bond acceptors (Lipinski definition) is 5. The number of carbonyl (C=O) groups excluding carboxylic acids is 1. The van der Waals surface area contributed by atoms with Gasteiger partial charge in [0.1, 0.15) is 23.9 Å². The summed E-state index contributed by atoms with van der Waals surface area (Å²) in [4.78, 5) is 25.2. The fraction of sp³-hybridized carbons (Fsp3) is 0.125. The number of fused-ring (bicyclic) bond motifs is 2. The number of rotatable bonds is 6. The molecule has 8 nitrogen and oxygen atoms in total. The first-order valence-corrected chi connectivity index (χ1v) is 12.4. The largest absolute Gasteiger partial charge is 0.338 e. The van der Waals surface area contributed by atoms with E-state index < -0.39 is 9.84 Å². The van der Waals surface area contributed by atoms with E-state index in [1.807, 2.05) is 60.7 Å². The number of nitrogens with zero attached hydrogens (tertiary/aromatic N) is 3. The highest BCUT2D eigenvalue weighted by molar-refractivity contribution is 7.89. The van der Waals surface area contributed by atoms with Crippen LogP contribution in [0.3, 0.4) is 0 Å². The van der Waals surface area contributed by atoms with Crippen LogP contribution in [-0.4, -0.2) is 40.1 Å². The number of imidazole rings is 2. The van der Waals surface area contributed by atoms with E-state index in [2.05, 4.69) is 20.3 Å². The van der Waals surface area contributed by atoms with Crippen LogP contribution >= 0.6 is 0 Å². The Balaban J connectivity index is 1.40. The number of amides is 1. The summed E-state index contributed by atoms with van der Waals surface area (Å²) >= 11 is 0. The van der Waals surface area contributed by atoms with Crippen LogP contribution in [0.1, 0.15) is 5.82 Å². The maximum atomic E-state index is 12.9. The van der Waals surface area contributed by atoms with E-state index in [0.717, 1.165) is 22.9 Å². The van der Waals surface area contributed by atoms with Crippen LogP contribution in [0.5, 0.6) is 0 Å². The van der Waals surface area contributed by atoms with Crippen molar-refractivity contribution in [2.75, 3.05) is 11.6 Å². The minimum Gasteiger partial charge on any atom is -0.338 e. The maximum Gasteiger partial charge on any atom is 0.244 e. The van der Waals surface area contributed by atoms with Gasteiger partial charge in [-0.1, -0.05) is 36.4 Å². The van der Waals surface area contributed by atoms with Crippen molar-refractivity contribution in [3.63, 3.8) is 0 Å². The molecular weight excluding hydrogens is 438 g/mol. The second-order valence-corrected chi connectivity index (χ2v) is 10.0. The van der Waals surface area contributed by atoms with Gasteiger partial charge in [0.05, 0.1) is 22.1 Å². The van der Waals surface area contributed by atoms with Gasteiger partial charge in [-0.05, 0) is 36.4 Å².